The van der Waals surface area contributed by atoms with Crippen molar-refractivity contribution in [1.82, 2.24) is 20.2 Å². The lowest BCUT2D eigenvalue weighted by molar-refractivity contribution is 0.102. The Morgan fingerprint density at radius 3 is 2.78 bits per heavy atom. The summed E-state index contributed by atoms with van der Waals surface area (Å²) in [6.07, 6.45) is 2.05. The highest BCUT2D eigenvalue weighted by Gasteiger charge is 2.08. The van der Waals surface area contributed by atoms with Gasteiger partial charge in [-0.15, -0.1) is 5.10 Å². The number of rotatable bonds is 8. The molecular weight excluding hydrogens is 362 g/mol. The lowest BCUT2D eigenvalue weighted by Crippen LogP contribution is -2.12. The standard InChI is InChI=1S/C19H21N5O2S/c1-3-24-18(21-22-23-24)12-26-17-9-7-15(8-10-17)19(25)20-16-6-4-5-14(11-16)13-27-2/h4-11H,3,12-13H2,1-2H3,(H,20,25). The number of thioether (sulfide) groups is 1. The first-order valence-electron chi connectivity index (χ1n) is 8.56. The Bertz CT molecular complexity index is 895. The van der Waals surface area contributed by atoms with E-state index in [0.29, 0.717) is 23.7 Å². The van der Waals surface area contributed by atoms with Gasteiger partial charge in [0.15, 0.2) is 5.82 Å². The van der Waals surface area contributed by atoms with Crippen LogP contribution in [0.2, 0.25) is 0 Å². The van der Waals surface area contributed by atoms with Crippen LogP contribution in [0.5, 0.6) is 5.75 Å². The fraction of sp³-hybridized carbons (Fsp3) is 0.263. The number of aryl methyl sites for hydroxylation is 1. The molecule has 0 unspecified atom stereocenters. The maximum absolute atomic E-state index is 12.4. The van der Waals surface area contributed by atoms with E-state index in [0.717, 1.165) is 11.4 Å². The molecule has 0 aliphatic carbocycles. The Balaban J connectivity index is 1.59. The van der Waals surface area contributed by atoms with Crippen molar-refractivity contribution < 1.29 is 9.53 Å². The van der Waals surface area contributed by atoms with Crippen LogP contribution in [0.4, 0.5) is 5.69 Å². The summed E-state index contributed by atoms with van der Waals surface area (Å²) in [6.45, 7) is 2.92. The number of amides is 1. The van der Waals surface area contributed by atoms with Crippen molar-refractivity contribution in [2.75, 3.05) is 11.6 Å². The third-order valence-corrected chi connectivity index (χ3v) is 4.51. The number of nitrogens with zero attached hydrogens (tertiary/aromatic N) is 4. The number of tetrazole rings is 1. The third kappa shape index (κ3) is 5.07. The fourth-order valence-corrected chi connectivity index (χ4v) is 3.04. The highest BCUT2D eigenvalue weighted by Crippen LogP contribution is 2.18. The number of benzene rings is 2. The van der Waals surface area contributed by atoms with Crippen LogP contribution < -0.4 is 10.1 Å². The van der Waals surface area contributed by atoms with Crippen LogP contribution in [0.15, 0.2) is 48.5 Å². The number of hydrogen-bond acceptors (Lipinski definition) is 6. The van der Waals surface area contributed by atoms with Crippen molar-refractivity contribution in [1.29, 1.82) is 0 Å². The first-order chi connectivity index (χ1) is 13.2. The molecule has 0 saturated carbocycles. The van der Waals surface area contributed by atoms with Crippen LogP contribution in [0, 0.1) is 0 Å². The lowest BCUT2D eigenvalue weighted by atomic mass is 10.2. The molecule has 140 valence electrons. The summed E-state index contributed by atoms with van der Waals surface area (Å²) in [5.74, 6) is 2.07. The summed E-state index contributed by atoms with van der Waals surface area (Å²) in [6, 6.07) is 14.9. The molecule has 1 aromatic heterocycles. The van der Waals surface area contributed by atoms with Crippen LogP contribution in [-0.4, -0.2) is 32.4 Å². The lowest BCUT2D eigenvalue weighted by Gasteiger charge is -2.09. The Morgan fingerprint density at radius 1 is 1.22 bits per heavy atom. The molecule has 0 fully saturated rings. The van der Waals surface area contributed by atoms with Crippen molar-refractivity contribution in [2.24, 2.45) is 0 Å². The number of carbonyl (C=O) groups excluding carboxylic acids is 1. The number of anilines is 1. The normalized spacial score (nSPS) is 10.6. The minimum Gasteiger partial charge on any atom is -0.486 e. The van der Waals surface area contributed by atoms with Gasteiger partial charge in [0.05, 0.1) is 0 Å². The van der Waals surface area contributed by atoms with E-state index in [4.69, 9.17) is 4.74 Å². The molecule has 0 spiro atoms. The van der Waals surface area contributed by atoms with Crippen LogP contribution in [0.25, 0.3) is 0 Å². The van der Waals surface area contributed by atoms with E-state index in [1.165, 1.54) is 5.56 Å². The molecule has 8 heteroatoms. The van der Waals surface area contributed by atoms with E-state index in [2.05, 4.69) is 27.1 Å². The monoisotopic (exact) mass is 383 g/mol. The molecule has 1 amide bonds. The fourth-order valence-electron chi connectivity index (χ4n) is 2.53. The minimum absolute atomic E-state index is 0.155. The molecule has 7 nitrogen and oxygen atoms in total. The van der Waals surface area contributed by atoms with Crippen LogP contribution in [0.3, 0.4) is 0 Å². The van der Waals surface area contributed by atoms with Gasteiger partial charge in [-0.1, -0.05) is 12.1 Å². The van der Waals surface area contributed by atoms with E-state index in [9.17, 15) is 4.79 Å². The average Bonchev–Trinajstić information content (AvgIpc) is 3.15. The second-order valence-corrected chi connectivity index (χ2v) is 6.68. The minimum atomic E-state index is -0.155. The molecule has 0 atom stereocenters. The number of nitrogens with one attached hydrogen (secondary N) is 1. The largest absolute Gasteiger partial charge is 0.486 e. The Hall–Kier alpha value is -2.87. The van der Waals surface area contributed by atoms with Gasteiger partial charge < -0.3 is 10.1 Å². The molecule has 3 rings (SSSR count). The molecule has 0 saturated heterocycles. The van der Waals surface area contributed by atoms with Gasteiger partial charge in [-0.3, -0.25) is 4.79 Å². The molecule has 3 aromatic rings. The summed E-state index contributed by atoms with van der Waals surface area (Å²) in [5.41, 5.74) is 2.53. The van der Waals surface area contributed by atoms with E-state index in [-0.39, 0.29) is 12.5 Å². The molecule has 0 radical (unpaired) electrons. The summed E-state index contributed by atoms with van der Waals surface area (Å²) >= 11 is 1.75. The zero-order valence-electron chi connectivity index (χ0n) is 15.3. The van der Waals surface area contributed by atoms with Gasteiger partial charge in [-0.2, -0.15) is 11.8 Å². The molecule has 27 heavy (non-hydrogen) atoms. The van der Waals surface area contributed by atoms with Crippen molar-refractivity contribution >= 4 is 23.4 Å². The number of aromatic nitrogens is 4. The second kappa shape index (κ2) is 9.18. The van der Waals surface area contributed by atoms with Gasteiger partial charge >= 0.3 is 0 Å². The van der Waals surface area contributed by atoms with Crippen LogP contribution >= 0.6 is 11.8 Å². The van der Waals surface area contributed by atoms with Gasteiger partial charge in [0.25, 0.3) is 5.91 Å². The van der Waals surface area contributed by atoms with Crippen molar-refractivity contribution in [3.05, 3.63) is 65.5 Å². The molecule has 0 bridgehead atoms. The average molecular weight is 383 g/mol. The van der Waals surface area contributed by atoms with Crippen molar-refractivity contribution in [3.63, 3.8) is 0 Å². The van der Waals surface area contributed by atoms with E-state index < -0.39 is 0 Å². The maximum Gasteiger partial charge on any atom is 0.255 e. The quantitative estimate of drug-likeness (QED) is 0.642. The highest BCUT2D eigenvalue weighted by molar-refractivity contribution is 7.97. The highest BCUT2D eigenvalue weighted by atomic mass is 32.2. The maximum atomic E-state index is 12.4. The zero-order chi connectivity index (χ0) is 19.1. The van der Waals surface area contributed by atoms with Crippen molar-refractivity contribution in [3.8, 4) is 5.75 Å². The predicted molar refractivity (Wildman–Crippen MR) is 106 cm³/mol. The summed E-state index contributed by atoms with van der Waals surface area (Å²) < 4.78 is 7.36. The first-order valence-corrected chi connectivity index (χ1v) is 9.96. The Labute approximate surface area is 162 Å². The van der Waals surface area contributed by atoms with E-state index in [1.807, 2.05) is 31.2 Å². The van der Waals surface area contributed by atoms with Gasteiger partial charge in [-0.25, -0.2) is 4.68 Å². The molecular formula is C19H21N5O2S. The first kappa shape index (κ1) is 18.9. The van der Waals surface area contributed by atoms with Crippen LogP contribution in [-0.2, 0) is 18.9 Å². The van der Waals surface area contributed by atoms with Gasteiger partial charge in [0, 0.05) is 23.5 Å². The smallest absolute Gasteiger partial charge is 0.255 e. The zero-order valence-corrected chi connectivity index (χ0v) is 16.1. The number of carbonyl (C=O) groups is 1. The number of ether oxygens (including phenoxy) is 1. The Morgan fingerprint density at radius 2 is 2.04 bits per heavy atom. The Kier molecular flexibility index (Phi) is 6.43. The summed E-state index contributed by atoms with van der Waals surface area (Å²) in [4.78, 5) is 12.4. The van der Waals surface area contributed by atoms with Gasteiger partial charge in [0.1, 0.15) is 12.4 Å². The molecule has 2 aromatic carbocycles. The predicted octanol–water partition coefficient (Wildman–Crippen LogP) is 3.39. The van der Waals surface area contributed by atoms with E-state index in [1.54, 1.807) is 40.7 Å². The molecule has 0 aliphatic rings. The molecule has 1 heterocycles. The summed E-state index contributed by atoms with van der Waals surface area (Å²) in [7, 11) is 0. The topological polar surface area (TPSA) is 81.9 Å². The third-order valence-electron chi connectivity index (χ3n) is 3.89. The molecule has 0 aliphatic heterocycles. The van der Waals surface area contributed by atoms with Crippen LogP contribution in [0.1, 0.15) is 28.7 Å². The molecule has 1 N–H and O–H groups in total. The second-order valence-electron chi connectivity index (χ2n) is 5.81. The SMILES string of the molecule is CCn1nnnc1COc1ccc(C(=O)Nc2cccc(CSC)c2)cc1. The number of hydrogen-bond donors (Lipinski definition) is 1. The van der Waals surface area contributed by atoms with Gasteiger partial charge in [-0.05, 0) is 65.6 Å². The van der Waals surface area contributed by atoms with E-state index >= 15 is 0 Å². The van der Waals surface area contributed by atoms with Gasteiger partial charge in [0.2, 0.25) is 0 Å². The summed E-state index contributed by atoms with van der Waals surface area (Å²) in [5, 5.41) is 14.3. The van der Waals surface area contributed by atoms with Crippen molar-refractivity contribution in [2.45, 2.75) is 25.8 Å².